The van der Waals surface area contributed by atoms with Gasteiger partial charge < -0.3 is 10.4 Å². The first-order valence-corrected chi connectivity index (χ1v) is 7.30. The van der Waals surface area contributed by atoms with Crippen molar-refractivity contribution in [3.05, 3.63) is 29.6 Å². The molecule has 0 aromatic heterocycles. The maximum atomic E-state index is 13.0. The molecule has 0 radical (unpaired) electrons. The number of unbranched alkanes of at least 4 members (excludes halogenated alkanes) is 2. The van der Waals surface area contributed by atoms with E-state index < -0.39 is 5.82 Å². The number of hydrogen-bond donors (Lipinski definition) is 2. The average molecular weight is 257 g/mol. The molecule has 1 aromatic carbocycles. The van der Waals surface area contributed by atoms with Crippen LogP contribution >= 0.6 is 11.8 Å². The summed E-state index contributed by atoms with van der Waals surface area (Å²) in [6.07, 6.45) is 5.77. The number of rotatable bonds is 8. The Bertz CT molecular complexity index is 333. The third kappa shape index (κ3) is 5.94. The summed E-state index contributed by atoms with van der Waals surface area (Å²) in [5.41, 5.74) is 0.865. The molecule has 0 aliphatic heterocycles. The van der Waals surface area contributed by atoms with Crippen molar-refractivity contribution in [2.45, 2.75) is 25.8 Å². The van der Waals surface area contributed by atoms with Gasteiger partial charge in [0.15, 0.2) is 11.6 Å². The molecule has 17 heavy (non-hydrogen) atoms. The van der Waals surface area contributed by atoms with E-state index in [1.165, 1.54) is 30.7 Å². The summed E-state index contributed by atoms with van der Waals surface area (Å²) >= 11 is 1.88. The van der Waals surface area contributed by atoms with Crippen LogP contribution in [0.15, 0.2) is 18.2 Å². The van der Waals surface area contributed by atoms with Crippen molar-refractivity contribution in [2.75, 3.05) is 18.6 Å². The molecular weight excluding hydrogens is 237 g/mol. The van der Waals surface area contributed by atoms with Crippen LogP contribution in [-0.4, -0.2) is 23.7 Å². The first-order valence-electron chi connectivity index (χ1n) is 5.91. The molecule has 0 spiro atoms. The quantitative estimate of drug-likeness (QED) is 0.702. The SMILES string of the molecule is CSCCCCCNCc1ccc(O)c(F)c1. The fourth-order valence-corrected chi connectivity index (χ4v) is 2.06. The van der Waals surface area contributed by atoms with Gasteiger partial charge in [-0.2, -0.15) is 11.8 Å². The Hall–Kier alpha value is -0.740. The van der Waals surface area contributed by atoms with Crippen molar-refractivity contribution in [1.82, 2.24) is 5.32 Å². The summed E-state index contributed by atoms with van der Waals surface area (Å²) in [7, 11) is 0. The number of phenols is 1. The molecule has 4 heteroatoms. The molecule has 1 aromatic rings. The first-order chi connectivity index (χ1) is 8.24. The summed E-state index contributed by atoms with van der Waals surface area (Å²) in [4.78, 5) is 0. The van der Waals surface area contributed by atoms with Crippen LogP contribution < -0.4 is 5.32 Å². The highest BCUT2D eigenvalue weighted by molar-refractivity contribution is 7.98. The van der Waals surface area contributed by atoms with Gasteiger partial charge in [0.05, 0.1) is 0 Å². The minimum Gasteiger partial charge on any atom is -0.505 e. The highest BCUT2D eigenvalue weighted by atomic mass is 32.2. The second kappa shape index (κ2) is 8.37. The lowest BCUT2D eigenvalue weighted by Gasteiger charge is -2.05. The number of halogens is 1. The maximum absolute atomic E-state index is 13.0. The van der Waals surface area contributed by atoms with Crippen molar-refractivity contribution in [3.63, 3.8) is 0 Å². The van der Waals surface area contributed by atoms with Crippen LogP contribution in [0.25, 0.3) is 0 Å². The Balaban J connectivity index is 2.11. The third-order valence-electron chi connectivity index (χ3n) is 2.54. The smallest absolute Gasteiger partial charge is 0.165 e. The number of phenolic OH excluding ortho intramolecular Hbond substituents is 1. The lowest BCUT2D eigenvalue weighted by atomic mass is 10.2. The van der Waals surface area contributed by atoms with Gasteiger partial charge in [-0.1, -0.05) is 12.5 Å². The molecule has 1 rings (SSSR count). The molecule has 0 unspecified atom stereocenters. The number of thioether (sulfide) groups is 1. The summed E-state index contributed by atoms with van der Waals surface area (Å²) in [5, 5.41) is 12.3. The van der Waals surface area contributed by atoms with E-state index in [0.29, 0.717) is 6.54 Å². The highest BCUT2D eigenvalue weighted by Gasteiger charge is 2.00. The van der Waals surface area contributed by atoms with Crippen molar-refractivity contribution in [3.8, 4) is 5.75 Å². The minimum atomic E-state index is -0.552. The van der Waals surface area contributed by atoms with E-state index in [-0.39, 0.29) is 5.75 Å². The molecule has 0 fully saturated rings. The molecule has 0 atom stereocenters. The zero-order valence-corrected chi connectivity index (χ0v) is 11.0. The highest BCUT2D eigenvalue weighted by Crippen LogP contribution is 2.15. The second-order valence-electron chi connectivity index (χ2n) is 4.02. The number of aromatic hydroxyl groups is 1. The van der Waals surface area contributed by atoms with Gasteiger partial charge in [-0.05, 0) is 49.1 Å². The normalized spacial score (nSPS) is 10.7. The van der Waals surface area contributed by atoms with E-state index >= 15 is 0 Å². The van der Waals surface area contributed by atoms with Gasteiger partial charge >= 0.3 is 0 Å². The molecular formula is C13H20FNOS. The standard InChI is InChI=1S/C13H20FNOS/c1-17-8-4-2-3-7-15-10-11-5-6-13(16)12(14)9-11/h5-6,9,15-16H,2-4,7-8,10H2,1H3. The predicted octanol–water partition coefficient (Wildman–Crippen LogP) is 3.15. The molecule has 0 amide bonds. The Morgan fingerprint density at radius 3 is 2.82 bits per heavy atom. The molecule has 2 nitrogen and oxygen atoms in total. The Labute approximate surface area is 107 Å². The number of benzene rings is 1. The molecule has 0 saturated carbocycles. The topological polar surface area (TPSA) is 32.3 Å². The van der Waals surface area contributed by atoms with E-state index in [1.54, 1.807) is 6.07 Å². The van der Waals surface area contributed by atoms with Gasteiger partial charge in [-0.3, -0.25) is 0 Å². The minimum absolute atomic E-state index is 0.286. The lowest BCUT2D eigenvalue weighted by Crippen LogP contribution is -2.14. The Kier molecular flexibility index (Phi) is 7.05. The van der Waals surface area contributed by atoms with Crippen LogP contribution in [0, 0.1) is 5.82 Å². The molecule has 2 N–H and O–H groups in total. The molecule has 0 bridgehead atoms. The van der Waals surface area contributed by atoms with Gasteiger partial charge in [0.25, 0.3) is 0 Å². The van der Waals surface area contributed by atoms with E-state index in [9.17, 15) is 4.39 Å². The van der Waals surface area contributed by atoms with Crippen molar-refractivity contribution >= 4 is 11.8 Å². The van der Waals surface area contributed by atoms with E-state index in [0.717, 1.165) is 18.5 Å². The maximum Gasteiger partial charge on any atom is 0.165 e. The van der Waals surface area contributed by atoms with Crippen LogP contribution in [0.2, 0.25) is 0 Å². The van der Waals surface area contributed by atoms with Crippen LogP contribution in [0.4, 0.5) is 4.39 Å². The van der Waals surface area contributed by atoms with Crippen molar-refractivity contribution in [2.24, 2.45) is 0 Å². The van der Waals surface area contributed by atoms with Gasteiger partial charge in [0, 0.05) is 6.54 Å². The van der Waals surface area contributed by atoms with Crippen LogP contribution in [-0.2, 0) is 6.54 Å². The van der Waals surface area contributed by atoms with Crippen LogP contribution in [0.3, 0.4) is 0 Å². The monoisotopic (exact) mass is 257 g/mol. The zero-order valence-electron chi connectivity index (χ0n) is 10.2. The predicted molar refractivity (Wildman–Crippen MR) is 72.0 cm³/mol. The van der Waals surface area contributed by atoms with Gasteiger partial charge in [-0.25, -0.2) is 4.39 Å². The van der Waals surface area contributed by atoms with E-state index in [4.69, 9.17) is 5.11 Å². The molecule has 0 heterocycles. The Morgan fingerprint density at radius 1 is 1.29 bits per heavy atom. The fourth-order valence-electron chi connectivity index (χ4n) is 1.57. The fraction of sp³-hybridized carbons (Fsp3) is 0.538. The summed E-state index contributed by atoms with van der Waals surface area (Å²) in [5.74, 6) is 0.387. The molecule has 96 valence electrons. The summed E-state index contributed by atoms with van der Waals surface area (Å²) in [6, 6.07) is 4.50. The van der Waals surface area contributed by atoms with Crippen molar-refractivity contribution < 1.29 is 9.50 Å². The van der Waals surface area contributed by atoms with E-state index in [2.05, 4.69) is 11.6 Å². The summed E-state index contributed by atoms with van der Waals surface area (Å²) in [6.45, 7) is 1.61. The average Bonchev–Trinajstić information content (AvgIpc) is 2.32. The lowest BCUT2D eigenvalue weighted by molar-refractivity contribution is 0.431. The van der Waals surface area contributed by atoms with Gasteiger partial charge in [0.1, 0.15) is 0 Å². The van der Waals surface area contributed by atoms with Crippen LogP contribution in [0.1, 0.15) is 24.8 Å². The summed E-state index contributed by atoms with van der Waals surface area (Å²) < 4.78 is 13.0. The molecule has 0 aliphatic carbocycles. The zero-order chi connectivity index (χ0) is 12.5. The van der Waals surface area contributed by atoms with E-state index in [1.807, 2.05) is 11.8 Å². The largest absolute Gasteiger partial charge is 0.505 e. The van der Waals surface area contributed by atoms with Gasteiger partial charge in [0.2, 0.25) is 0 Å². The number of nitrogens with one attached hydrogen (secondary N) is 1. The number of hydrogen-bond acceptors (Lipinski definition) is 3. The van der Waals surface area contributed by atoms with Crippen LogP contribution in [0.5, 0.6) is 5.75 Å². The molecule has 0 aliphatic rings. The van der Waals surface area contributed by atoms with Gasteiger partial charge in [-0.15, -0.1) is 0 Å². The van der Waals surface area contributed by atoms with Crippen molar-refractivity contribution in [1.29, 1.82) is 0 Å². The first kappa shape index (κ1) is 14.3. The Morgan fingerprint density at radius 2 is 2.12 bits per heavy atom. The molecule has 0 saturated heterocycles. The third-order valence-corrected chi connectivity index (χ3v) is 3.24. The second-order valence-corrected chi connectivity index (χ2v) is 5.00.